The Morgan fingerprint density at radius 2 is 1.79 bits per heavy atom. The molecule has 4 rings (SSSR count). The summed E-state index contributed by atoms with van der Waals surface area (Å²) in [7, 11) is 3.15. The fourth-order valence-corrected chi connectivity index (χ4v) is 2.97. The lowest BCUT2D eigenvalue weighted by atomic mass is 10.3. The van der Waals surface area contributed by atoms with E-state index in [4.69, 9.17) is 15.2 Å². The Labute approximate surface area is 166 Å². The van der Waals surface area contributed by atoms with Crippen LogP contribution in [0, 0.1) is 5.82 Å². The Morgan fingerprint density at radius 1 is 1.03 bits per heavy atom. The molecule has 0 amide bonds. The van der Waals surface area contributed by atoms with Crippen molar-refractivity contribution < 1.29 is 13.9 Å². The predicted octanol–water partition coefficient (Wildman–Crippen LogP) is 3.44. The zero-order chi connectivity index (χ0) is 20.4. The number of ether oxygens (including phenoxy) is 2. The molecule has 0 aliphatic rings. The SMILES string of the molecule is COCc1nc2ccccc2n1-c1nc(N)c(F)c(Nc2ccc(OC)cc2)n1. The molecule has 9 heteroatoms. The van der Waals surface area contributed by atoms with E-state index in [0.29, 0.717) is 17.3 Å². The quantitative estimate of drug-likeness (QED) is 0.517. The lowest BCUT2D eigenvalue weighted by Gasteiger charge is -2.12. The van der Waals surface area contributed by atoms with Crippen molar-refractivity contribution in [3.63, 3.8) is 0 Å². The van der Waals surface area contributed by atoms with E-state index in [1.165, 1.54) is 0 Å². The molecule has 8 nitrogen and oxygen atoms in total. The molecule has 2 aromatic carbocycles. The van der Waals surface area contributed by atoms with Crippen molar-refractivity contribution in [3.8, 4) is 11.7 Å². The number of aromatic nitrogens is 4. The van der Waals surface area contributed by atoms with Gasteiger partial charge in [-0.1, -0.05) is 12.1 Å². The van der Waals surface area contributed by atoms with Crippen molar-refractivity contribution in [2.45, 2.75) is 6.61 Å². The van der Waals surface area contributed by atoms with Crippen LogP contribution in [0.15, 0.2) is 48.5 Å². The molecule has 0 atom stereocenters. The minimum atomic E-state index is -0.734. The molecule has 0 saturated heterocycles. The summed E-state index contributed by atoms with van der Waals surface area (Å²) < 4.78 is 26.7. The lowest BCUT2D eigenvalue weighted by molar-refractivity contribution is 0.176. The van der Waals surface area contributed by atoms with Gasteiger partial charge < -0.3 is 20.5 Å². The van der Waals surface area contributed by atoms with Gasteiger partial charge in [0.15, 0.2) is 11.6 Å². The molecular weight excluding hydrogens is 375 g/mol. The first-order valence-electron chi connectivity index (χ1n) is 8.80. The van der Waals surface area contributed by atoms with Crippen LogP contribution >= 0.6 is 0 Å². The monoisotopic (exact) mass is 394 g/mol. The number of nitrogen functional groups attached to an aromatic ring is 1. The molecule has 0 spiro atoms. The van der Waals surface area contributed by atoms with Crippen LogP contribution in [0.25, 0.3) is 17.0 Å². The third kappa shape index (κ3) is 3.55. The fraction of sp³-hybridized carbons (Fsp3) is 0.150. The Hall–Kier alpha value is -3.72. The number of benzene rings is 2. The second-order valence-electron chi connectivity index (χ2n) is 6.21. The number of rotatable bonds is 6. The summed E-state index contributed by atoms with van der Waals surface area (Å²) in [5.74, 6) is 0.414. The number of anilines is 3. The van der Waals surface area contributed by atoms with E-state index in [-0.39, 0.29) is 24.2 Å². The number of nitrogens with zero attached hydrogens (tertiary/aromatic N) is 4. The van der Waals surface area contributed by atoms with Crippen LogP contribution in [-0.4, -0.2) is 33.7 Å². The highest BCUT2D eigenvalue weighted by atomic mass is 19.1. The summed E-state index contributed by atoms with van der Waals surface area (Å²) in [6.07, 6.45) is 0. The van der Waals surface area contributed by atoms with Gasteiger partial charge in [0.25, 0.3) is 0 Å². The first kappa shape index (κ1) is 18.6. The van der Waals surface area contributed by atoms with E-state index in [9.17, 15) is 4.39 Å². The van der Waals surface area contributed by atoms with E-state index in [0.717, 1.165) is 11.0 Å². The van der Waals surface area contributed by atoms with Crippen LogP contribution in [0.3, 0.4) is 0 Å². The average Bonchev–Trinajstić information content (AvgIpc) is 3.10. The van der Waals surface area contributed by atoms with Crippen LogP contribution in [-0.2, 0) is 11.3 Å². The smallest absolute Gasteiger partial charge is 0.239 e. The molecule has 0 radical (unpaired) electrons. The highest BCUT2D eigenvalue weighted by Crippen LogP contribution is 2.26. The molecule has 0 saturated carbocycles. The van der Waals surface area contributed by atoms with Gasteiger partial charge in [-0.05, 0) is 36.4 Å². The predicted molar refractivity (Wildman–Crippen MR) is 108 cm³/mol. The topological polar surface area (TPSA) is 100 Å². The van der Waals surface area contributed by atoms with Crippen molar-refractivity contribution in [2.24, 2.45) is 0 Å². The van der Waals surface area contributed by atoms with E-state index in [1.807, 2.05) is 24.3 Å². The largest absolute Gasteiger partial charge is 0.497 e. The molecule has 0 aliphatic heterocycles. The highest BCUT2D eigenvalue weighted by molar-refractivity contribution is 5.77. The molecule has 2 heterocycles. The maximum absolute atomic E-state index is 14.6. The number of imidazole rings is 1. The van der Waals surface area contributed by atoms with Gasteiger partial charge in [-0.2, -0.15) is 14.4 Å². The number of fused-ring (bicyclic) bond motifs is 1. The van der Waals surface area contributed by atoms with Gasteiger partial charge in [0, 0.05) is 12.8 Å². The highest BCUT2D eigenvalue weighted by Gasteiger charge is 2.19. The first-order valence-corrected chi connectivity index (χ1v) is 8.80. The standard InChI is InChI=1S/C20H19FN6O2/c1-28-11-16-24-14-5-3-4-6-15(14)27(16)20-25-18(22)17(21)19(26-20)23-12-7-9-13(29-2)10-8-12/h3-10H,11H2,1-2H3,(H3,22,23,25,26). The molecule has 0 fully saturated rings. The van der Waals surface area contributed by atoms with Gasteiger partial charge in [0.1, 0.15) is 18.2 Å². The number of nitrogens with two attached hydrogens (primary N) is 1. The number of nitrogens with one attached hydrogen (secondary N) is 1. The fourth-order valence-electron chi connectivity index (χ4n) is 2.97. The van der Waals surface area contributed by atoms with Gasteiger partial charge in [-0.25, -0.2) is 4.98 Å². The molecule has 148 valence electrons. The Morgan fingerprint density at radius 3 is 2.52 bits per heavy atom. The second kappa shape index (κ2) is 7.72. The van der Waals surface area contributed by atoms with Gasteiger partial charge in [-0.3, -0.25) is 4.57 Å². The van der Waals surface area contributed by atoms with E-state index in [2.05, 4.69) is 20.3 Å². The third-order valence-electron chi connectivity index (χ3n) is 4.32. The van der Waals surface area contributed by atoms with Gasteiger partial charge in [-0.15, -0.1) is 0 Å². The minimum Gasteiger partial charge on any atom is -0.497 e. The molecule has 0 bridgehead atoms. The Balaban J connectivity index is 1.81. The molecule has 4 aromatic rings. The summed E-state index contributed by atoms with van der Waals surface area (Å²) in [6.45, 7) is 0.233. The molecule has 0 unspecified atom stereocenters. The van der Waals surface area contributed by atoms with Crippen LogP contribution < -0.4 is 15.8 Å². The lowest BCUT2D eigenvalue weighted by Crippen LogP contribution is -2.12. The summed E-state index contributed by atoms with van der Waals surface area (Å²) in [6, 6.07) is 14.5. The minimum absolute atomic E-state index is 0.0428. The Bertz CT molecular complexity index is 1160. The summed E-state index contributed by atoms with van der Waals surface area (Å²) in [4.78, 5) is 13.1. The maximum atomic E-state index is 14.6. The molecule has 0 aliphatic carbocycles. The van der Waals surface area contributed by atoms with Crippen LogP contribution in [0.5, 0.6) is 5.75 Å². The molecule has 2 aromatic heterocycles. The van der Waals surface area contributed by atoms with Gasteiger partial charge in [0.2, 0.25) is 11.8 Å². The molecule has 3 N–H and O–H groups in total. The maximum Gasteiger partial charge on any atom is 0.239 e. The van der Waals surface area contributed by atoms with Crippen LogP contribution in [0.2, 0.25) is 0 Å². The van der Waals surface area contributed by atoms with Crippen molar-refractivity contribution in [3.05, 3.63) is 60.2 Å². The number of methoxy groups -OCH3 is 2. The number of hydrogen-bond donors (Lipinski definition) is 2. The van der Waals surface area contributed by atoms with Crippen LogP contribution in [0.4, 0.5) is 21.7 Å². The second-order valence-corrected chi connectivity index (χ2v) is 6.21. The first-order chi connectivity index (χ1) is 14.1. The summed E-state index contributed by atoms with van der Waals surface area (Å²) >= 11 is 0. The zero-order valence-electron chi connectivity index (χ0n) is 15.9. The van der Waals surface area contributed by atoms with E-state index < -0.39 is 5.82 Å². The van der Waals surface area contributed by atoms with Gasteiger partial charge >= 0.3 is 0 Å². The van der Waals surface area contributed by atoms with Crippen LogP contribution in [0.1, 0.15) is 5.82 Å². The number of halogens is 1. The summed E-state index contributed by atoms with van der Waals surface area (Å²) in [5.41, 5.74) is 7.98. The number of hydrogen-bond acceptors (Lipinski definition) is 7. The normalized spacial score (nSPS) is 11.0. The van der Waals surface area contributed by atoms with Gasteiger partial charge in [0.05, 0.1) is 18.1 Å². The number of para-hydroxylation sites is 2. The van der Waals surface area contributed by atoms with E-state index in [1.54, 1.807) is 43.1 Å². The van der Waals surface area contributed by atoms with Crippen molar-refractivity contribution >= 4 is 28.4 Å². The summed E-state index contributed by atoms with van der Waals surface area (Å²) in [5, 5.41) is 2.94. The molecular formula is C20H19FN6O2. The molecule has 29 heavy (non-hydrogen) atoms. The van der Waals surface area contributed by atoms with Crippen molar-refractivity contribution in [2.75, 3.05) is 25.3 Å². The third-order valence-corrected chi connectivity index (χ3v) is 4.32. The van der Waals surface area contributed by atoms with Crippen molar-refractivity contribution in [1.82, 2.24) is 19.5 Å². The van der Waals surface area contributed by atoms with E-state index >= 15 is 0 Å². The Kier molecular flexibility index (Phi) is 4.96. The zero-order valence-corrected chi connectivity index (χ0v) is 15.9. The average molecular weight is 394 g/mol. The van der Waals surface area contributed by atoms with Crippen molar-refractivity contribution in [1.29, 1.82) is 0 Å².